The maximum absolute atomic E-state index is 9.30. The van der Waals surface area contributed by atoms with E-state index in [1.807, 2.05) is 6.07 Å². The number of rotatable bonds is 4. The number of hydrogen-bond donors (Lipinski definition) is 0. The van der Waals surface area contributed by atoms with E-state index in [1.54, 1.807) is 55.6 Å². The lowest BCUT2D eigenvalue weighted by atomic mass is 10.1. The molecule has 23 heavy (non-hydrogen) atoms. The van der Waals surface area contributed by atoms with Crippen LogP contribution < -0.4 is 9.47 Å². The summed E-state index contributed by atoms with van der Waals surface area (Å²) in [6, 6.07) is 11.0. The molecular weight excluding hydrogens is 294 g/mol. The molecule has 0 unspecified atom stereocenters. The molecule has 0 saturated heterocycles. The van der Waals surface area contributed by atoms with Crippen molar-refractivity contribution in [3.8, 4) is 34.5 Å². The summed E-state index contributed by atoms with van der Waals surface area (Å²) >= 11 is 0. The molecule has 0 bridgehead atoms. The first kappa shape index (κ1) is 14.5. The second-order valence-electron chi connectivity index (χ2n) is 4.59. The first-order chi connectivity index (χ1) is 11.3. The fourth-order valence-electron chi connectivity index (χ4n) is 2.26. The van der Waals surface area contributed by atoms with Crippen LogP contribution in [0.2, 0.25) is 0 Å². The Morgan fingerprint density at radius 3 is 2.43 bits per heavy atom. The van der Waals surface area contributed by atoms with Gasteiger partial charge in [-0.05, 0) is 24.3 Å². The molecule has 7 nitrogen and oxygen atoms in total. The van der Waals surface area contributed by atoms with Crippen LogP contribution in [0.4, 0.5) is 0 Å². The van der Waals surface area contributed by atoms with E-state index in [-0.39, 0.29) is 5.69 Å². The SMILES string of the molecule is COc1ccc(-n2nnc(C#N)c2-c2ccncc2)cc1OC. The smallest absolute Gasteiger partial charge is 0.191 e. The van der Waals surface area contributed by atoms with Crippen molar-refractivity contribution in [3.05, 3.63) is 48.4 Å². The molecule has 0 aliphatic heterocycles. The molecule has 3 aromatic rings. The van der Waals surface area contributed by atoms with E-state index in [1.165, 1.54) is 0 Å². The van der Waals surface area contributed by atoms with Crippen LogP contribution in [-0.2, 0) is 0 Å². The third kappa shape index (κ3) is 2.58. The molecular formula is C16H13N5O2. The third-order valence-corrected chi connectivity index (χ3v) is 3.34. The van der Waals surface area contributed by atoms with Gasteiger partial charge in [-0.2, -0.15) is 5.26 Å². The van der Waals surface area contributed by atoms with Crippen LogP contribution in [0.3, 0.4) is 0 Å². The quantitative estimate of drug-likeness (QED) is 0.734. The van der Waals surface area contributed by atoms with Gasteiger partial charge >= 0.3 is 0 Å². The number of ether oxygens (including phenoxy) is 2. The molecule has 0 fully saturated rings. The van der Waals surface area contributed by atoms with Crippen molar-refractivity contribution in [1.29, 1.82) is 5.26 Å². The van der Waals surface area contributed by atoms with Gasteiger partial charge < -0.3 is 9.47 Å². The molecule has 0 aliphatic rings. The lowest BCUT2D eigenvalue weighted by molar-refractivity contribution is 0.354. The van der Waals surface area contributed by atoms with Crippen molar-refractivity contribution in [2.75, 3.05) is 14.2 Å². The maximum Gasteiger partial charge on any atom is 0.191 e. The highest BCUT2D eigenvalue weighted by atomic mass is 16.5. The molecule has 2 heterocycles. The Kier molecular flexibility index (Phi) is 3.89. The number of methoxy groups -OCH3 is 2. The van der Waals surface area contributed by atoms with Crippen LogP contribution in [0.15, 0.2) is 42.7 Å². The van der Waals surface area contributed by atoms with Gasteiger partial charge in [-0.3, -0.25) is 4.98 Å². The van der Waals surface area contributed by atoms with Crippen molar-refractivity contribution in [2.45, 2.75) is 0 Å². The van der Waals surface area contributed by atoms with E-state index in [0.717, 1.165) is 5.56 Å². The highest BCUT2D eigenvalue weighted by Gasteiger charge is 2.17. The predicted molar refractivity (Wildman–Crippen MR) is 82.4 cm³/mol. The second kappa shape index (κ2) is 6.15. The van der Waals surface area contributed by atoms with Crippen molar-refractivity contribution in [2.24, 2.45) is 0 Å². The number of nitriles is 1. The molecule has 0 aliphatic carbocycles. The van der Waals surface area contributed by atoms with Gasteiger partial charge in [0.1, 0.15) is 11.8 Å². The average Bonchev–Trinajstić information content (AvgIpc) is 3.05. The zero-order valence-corrected chi connectivity index (χ0v) is 12.6. The summed E-state index contributed by atoms with van der Waals surface area (Å²) in [5.41, 5.74) is 2.35. The summed E-state index contributed by atoms with van der Waals surface area (Å²) in [6.45, 7) is 0. The lowest BCUT2D eigenvalue weighted by Gasteiger charge is -2.11. The summed E-state index contributed by atoms with van der Waals surface area (Å²) in [5.74, 6) is 1.18. The Hall–Kier alpha value is -3.40. The number of nitrogens with zero attached hydrogens (tertiary/aromatic N) is 5. The normalized spacial score (nSPS) is 10.1. The highest BCUT2D eigenvalue weighted by molar-refractivity contribution is 5.67. The van der Waals surface area contributed by atoms with Gasteiger partial charge in [0.25, 0.3) is 0 Å². The summed E-state index contributed by atoms with van der Waals surface area (Å²) in [4.78, 5) is 3.99. The van der Waals surface area contributed by atoms with Crippen LogP contribution >= 0.6 is 0 Å². The Morgan fingerprint density at radius 1 is 1.04 bits per heavy atom. The molecule has 0 radical (unpaired) electrons. The van der Waals surface area contributed by atoms with Crippen LogP contribution in [0.5, 0.6) is 11.5 Å². The zero-order valence-electron chi connectivity index (χ0n) is 12.6. The van der Waals surface area contributed by atoms with Gasteiger partial charge in [-0.1, -0.05) is 5.21 Å². The Labute approximate surface area is 132 Å². The van der Waals surface area contributed by atoms with Crippen molar-refractivity contribution in [1.82, 2.24) is 20.0 Å². The fraction of sp³-hybridized carbons (Fsp3) is 0.125. The minimum absolute atomic E-state index is 0.242. The lowest BCUT2D eigenvalue weighted by Crippen LogP contribution is -2.01. The highest BCUT2D eigenvalue weighted by Crippen LogP contribution is 2.31. The van der Waals surface area contributed by atoms with Crippen LogP contribution in [0.25, 0.3) is 16.9 Å². The van der Waals surface area contributed by atoms with E-state index in [4.69, 9.17) is 9.47 Å². The minimum Gasteiger partial charge on any atom is -0.493 e. The largest absolute Gasteiger partial charge is 0.493 e. The molecule has 1 aromatic carbocycles. The van der Waals surface area contributed by atoms with Crippen LogP contribution in [0.1, 0.15) is 5.69 Å². The second-order valence-corrected chi connectivity index (χ2v) is 4.59. The molecule has 114 valence electrons. The van der Waals surface area contributed by atoms with E-state index in [0.29, 0.717) is 22.9 Å². The molecule has 0 spiro atoms. The topological polar surface area (TPSA) is 85.9 Å². The molecule has 0 saturated carbocycles. The molecule has 0 N–H and O–H groups in total. The number of pyridine rings is 1. The van der Waals surface area contributed by atoms with Crippen molar-refractivity contribution >= 4 is 0 Å². The van der Waals surface area contributed by atoms with E-state index in [2.05, 4.69) is 21.4 Å². The van der Waals surface area contributed by atoms with Gasteiger partial charge in [0, 0.05) is 24.0 Å². The van der Waals surface area contributed by atoms with E-state index in [9.17, 15) is 5.26 Å². The number of hydrogen-bond acceptors (Lipinski definition) is 6. The van der Waals surface area contributed by atoms with Gasteiger partial charge in [-0.25, -0.2) is 4.68 Å². The number of benzene rings is 1. The van der Waals surface area contributed by atoms with Gasteiger partial charge in [-0.15, -0.1) is 5.10 Å². The first-order valence-electron chi connectivity index (χ1n) is 6.77. The molecule has 7 heteroatoms. The molecule has 2 aromatic heterocycles. The summed E-state index contributed by atoms with van der Waals surface area (Å²) in [5, 5.41) is 17.3. The van der Waals surface area contributed by atoms with E-state index >= 15 is 0 Å². The molecule has 0 amide bonds. The Morgan fingerprint density at radius 2 is 1.78 bits per heavy atom. The Bertz CT molecular complexity index is 868. The summed E-state index contributed by atoms with van der Waals surface area (Å²) in [7, 11) is 3.14. The summed E-state index contributed by atoms with van der Waals surface area (Å²) < 4.78 is 12.1. The standard InChI is InChI=1S/C16H13N5O2/c1-22-14-4-3-12(9-15(14)23-2)21-16(13(10-17)19-20-21)11-5-7-18-8-6-11/h3-9H,1-2H3. The van der Waals surface area contributed by atoms with Gasteiger partial charge in [0.15, 0.2) is 17.2 Å². The fourth-order valence-corrected chi connectivity index (χ4v) is 2.26. The monoisotopic (exact) mass is 307 g/mol. The van der Waals surface area contributed by atoms with Crippen molar-refractivity contribution in [3.63, 3.8) is 0 Å². The Balaban J connectivity index is 2.19. The number of aromatic nitrogens is 4. The van der Waals surface area contributed by atoms with Gasteiger partial charge in [0.2, 0.25) is 0 Å². The molecule has 0 atom stereocenters. The van der Waals surface area contributed by atoms with Crippen LogP contribution in [-0.4, -0.2) is 34.2 Å². The average molecular weight is 307 g/mol. The summed E-state index contributed by atoms with van der Waals surface area (Å²) in [6.07, 6.45) is 3.31. The van der Waals surface area contributed by atoms with Crippen LogP contribution in [0, 0.1) is 11.3 Å². The van der Waals surface area contributed by atoms with Gasteiger partial charge in [0.05, 0.1) is 19.9 Å². The van der Waals surface area contributed by atoms with E-state index < -0.39 is 0 Å². The molecule has 3 rings (SSSR count). The first-order valence-corrected chi connectivity index (χ1v) is 6.77. The predicted octanol–water partition coefficient (Wildman–Crippen LogP) is 2.22. The zero-order chi connectivity index (χ0) is 16.2. The minimum atomic E-state index is 0.242. The third-order valence-electron chi connectivity index (χ3n) is 3.34. The maximum atomic E-state index is 9.30. The van der Waals surface area contributed by atoms with Crippen molar-refractivity contribution < 1.29 is 9.47 Å².